The highest BCUT2D eigenvalue weighted by atomic mass is 16.3. The number of rotatable bonds is 3. The van der Waals surface area contributed by atoms with Gasteiger partial charge in [-0.15, -0.1) is 0 Å². The lowest BCUT2D eigenvalue weighted by Gasteiger charge is -2.26. The number of aliphatic hydroxyl groups excluding tert-OH is 1. The molecule has 0 aromatic carbocycles. The second-order valence-electron chi connectivity index (χ2n) is 3.27. The van der Waals surface area contributed by atoms with E-state index in [1.54, 1.807) is 0 Å². The van der Waals surface area contributed by atoms with Crippen molar-refractivity contribution in [1.82, 2.24) is 4.90 Å². The van der Waals surface area contributed by atoms with Gasteiger partial charge in [0.05, 0.1) is 0 Å². The SMILES string of the molecule is CCCN1CC=C(C(N)O)CC1. The van der Waals surface area contributed by atoms with Crippen LogP contribution >= 0.6 is 0 Å². The summed E-state index contributed by atoms with van der Waals surface area (Å²) >= 11 is 0. The quantitative estimate of drug-likeness (QED) is 0.473. The predicted molar refractivity (Wildman–Crippen MR) is 49.6 cm³/mol. The summed E-state index contributed by atoms with van der Waals surface area (Å²) in [7, 11) is 0. The number of hydrogen-bond acceptors (Lipinski definition) is 3. The fraction of sp³-hybridized carbons (Fsp3) is 0.778. The van der Waals surface area contributed by atoms with E-state index in [1.807, 2.05) is 6.08 Å². The first-order valence-electron chi connectivity index (χ1n) is 4.59. The minimum absolute atomic E-state index is 0.742. The highest BCUT2D eigenvalue weighted by Gasteiger charge is 2.13. The molecule has 0 saturated carbocycles. The molecule has 3 nitrogen and oxygen atoms in total. The molecule has 1 aliphatic rings. The molecular weight excluding hydrogens is 152 g/mol. The molecule has 3 N–H and O–H groups in total. The van der Waals surface area contributed by atoms with Crippen LogP contribution in [0.5, 0.6) is 0 Å². The maximum Gasteiger partial charge on any atom is 0.124 e. The van der Waals surface area contributed by atoms with E-state index in [2.05, 4.69) is 11.8 Å². The molecule has 0 amide bonds. The average Bonchev–Trinajstić information content (AvgIpc) is 2.06. The van der Waals surface area contributed by atoms with Crippen LogP contribution in [0.2, 0.25) is 0 Å². The van der Waals surface area contributed by atoms with Crippen molar-refractivity contribution in [3.05, 3.63) is 11.6 Å². The largest absolute Gasteiger partial charge is 0.375 e. The maximum atomic E-state index is 9.08. The molecule has 3 heteroatoms. The smallest absolute Gasteiger partial charge is 0.124 e. The zero-order valence-electron chi connectivity index (χ0n) is 7.66. The Balaban J connectivity index is 2.37. The zero-order chi connectivity index (χ0) is 8.97. The molecule has 1 aliphatic heterocycles. The molecule has 12 heavy (non-hydrogen) atoms. The van der Waals surface area contributed by atoms with Crippen LogP contribution in [0.25, 0.3) is 0 Å². The standard InChI is InChI=1S/C9H18N2O/c1-2-5-11-6-3-8(4-7-11)9(10)12/h3,9,12H,2,4-7,10H2,1H3. The average molecular weight is 170 g/mol. The third-order valence-electron chi connectivity index (χ3n) is 2.25. The van der Waals surface area contributed by atoms with Crippen LogP contribution in [-0.2, 0) is 0 Å². The minimum atomic E-state index is -0.742. The third-order valence-corrected chi connectivity index (χ3v) is 2.25. The van der Waals surface area contributed by atoms with Crippen LogP contribution in [-0.4, -0.2) is 35.9 Å². The van der Waals surface area contributed by atoms with Gasteiger partial charge in [-0.1, -0.05) is 13.0 Å². The summed E-state index contributed by atoms with van der Waals surface area (Å²) in [5.74, 6) is 0. The van der Waals surface area contributed by atoms with Gasteiger partial charge in [-0.2, -0.15) is 0 Å². The number of aliphatic hydroxyl groups is 1. The van der Waals surface area contributed by atoms with Crippen molar-refractivity contribution < 1.29 is 5.11 Å². The Bertz CT molecular complexity index is 166. The molecule has 0 fully saturated rings. The molecule has 0 saturated heterocycles. The molecule has 1 atom stereocenters. The van der Waals surface area contributed by atoms with Crippen LogP contribution in [0, 0.1) is 0 Å². The van der Waals surface area contributed by atoms with Gasteiger partial charge in [0.1, 0.15) is 6.23 Å². The molecule has 1 unspecified atom stereocenters. The summed E-state index contributed by atoms with van der Waals surface area (Å²) in [6, 6.07) is 0. The van der Waals surface area contributed by atoms with Crippen LogP contribution in [0.3, 0.4) is 0 Å². The summed E-state index contributed by atoms with van der Waals surface area (Å²) in [5, 5.41) is 9.08. The first-order chi connectivity index (χ1) is 5.74. The van der Waals surface area contributed by atoms with Crippen LogP contribution < -0.4 is 5.73 Å². The third kappa shape index (κ3) is 2.59. The number of nitrogens with two attached hydrogens (primary N) is 1. The van der Waals surface area contributed by atoms with Crippen LogP contribution in [0.4, 0.5) is 0 Å². The van der Waals surface area contributed by atoms with E-state index in [4.69, 9.17) is 10.8 Å². The van der Waals surface area contributed by atoms with E-state index in [1.165, 1.54) is 6.42 Å². The van der Waals surface area contributed by atoms with Gasteiger partial charge >= 0.3 is 0 Å². The molecule has 0 radical (unpaired) electrons. The molecule has 70 valence electrons. The predicted octanol–water partition coefficient (Wildman–Crippen LogP) is 0.306. The van der Waals surface area contributed by atoms with Gasteiger partial charge in [0.2, 0.25) is 0 Å². The fourth-order valence-corrected chi connectivity index (χ4v) is 1.51. The number of nitrogens with zero attached hydrogens (tertiary/aromatic N) is 1. The Morgan fingerprint density at radius 2 is 2.50 bits per heavy atom. The normalized spacial score (nSPS) is 22.1. The lowest BCUT2D eigenvalue weighted by molar-refractivity contribution is 0.199. The molecular formula is C9H18N2O. The van der Waals surface area contributed by atoms with Gasteiger partial charge in [0.15, 0.2) is 0 Å². The summed E-state index contributed by atoms with van der Waals surface area (Å²) in [6.07, 6.45) is 3.41. The summed E-state index contributed by atoms with van der Waals surface area (Å²) in [4.78, 5) is 2.37. The van der Waals surface area contributed by atoms with Crippen LogP contribution in [0.15, 0.2) is 11.6 Å². The molecule has 0 aromatic heterocycles. The van der Waals surface area contributed by atoms with Gasteiger partial charge in [0, 0.05) is 13.1 Å². The zero-order valence-corrected chi connectivity index (χ0v) is 7.66. The Kier molecular flexibility index (Phi) is 3.72. The highest BCUT2D eigenvalue weighted by molar-refractivity contribution is 5.10. The van der Waals surface area contributed by atoms with E-state index in [-0.39, 0.29) is 0 Å². The molecule has 0 bridgehead atoms. The van der Waals surface area contributed by atoms with Crippen molar-refractivity contribution in [2.24, 2.45) is 5.73 Å². The van der Waals surface area contributed by atoms with Crippen molar-refractivity contribution in [3.63, 3.8) is 0 Å². The first-order valence-corrected chi connectivity index (χ1v) is 4.59. The molecule has 0 aliphatic carbocycles. The van der Waals surface area contributed by atoms with Crippen molar-refractivity contribution in [1.29, 1.82) is 0 Å². The Labute approximate surface area is 73.9 Å². The summed E-state index contributed by atoms with van der Waals surface area (Å²) in [6.45, 7) is 5.30. The Morgan fingerprint density at radius 1 is 1.75 bits per heavy atom. The number of hydrogen-bond donors (Lipinski definition) is 2. The monoisotopic (exact) mass is 170 g/mol. The minimum Gasteiger partial charge on any atom is -0.375 e. The highest BCUT2D eigenvalue weighted by Crippen LogP contribution is 2.11. The maximum absolute atomic E-state index is 9.08. The molecule has 1 heterocycles. The van der Waals surface area contributed by atoms with Crippen molar-refractivity contribution >= 4 is 0 Å². The molecule has 1 rings (SSSR count). The van der Waals surface area contributed by atoms with Crippen molar-refractivity contribution in [2.75, 3.05) is 19.6 Å². The van der Waals surface area contributed by atoms with Gasteiger partial charge < -0.3 is 10.8 Å². The lowest BCUT2D eigenvalue weighted by Crippen LogP contribution is -2.33. The second-order valence-corrected chi connectivity index (χ2v) is 3.27. The summed E-state index contributed by atoms with van der Waals surface area (Å²) in [5.41, 5.74) is 6.34. The Hall–Kier alpha value is -0.380. The Morgan fingerprint density at radius 3 is 2.92 bits per heavy atom. The van der Waals surface area contributed by atoms with E-state index in [9.17, 15) is 0 Å². The van der Waals surface area contributed by atoms with E-state index < -0.39 is 6.23 Å². The lowest BCUT2D eigenvalue weighted by atomic mass is 10.1. The first kappa shape index (κ1) is 9.71. The second kappa shape index (κ2) is 4.60. The fourth-order valence-electron chi connectivity index (χ4n) is 1.51. The molecule has 0 spiro atoms. The summed E-state index contributed by atoms with van der Waals surface area (Å²) < 4.78 is 0. The van der Waals surface area contributed by atoms with Gasteiger partial charge in [-0.3, -0.25) is 4.90 Å². The van der Waals surface area contributed by atoms with Crippen LogP contribution in [0.1, 0.15) is 19.8 Å². The van der Waals surface area contributed by atoms with E-state index in [0.717, 1.165) is 31.6 Å². The van der Waals surface area contributed by atoms with Gasteiger partial charge in [0.25, 0.3) is 0 Å². The van der Waals surface area contributed by atoms with Crippen molar-refractivity contribution in [3.8, 4) is 0 Å². The van der Waals surface area contributed by atoms with Gasteiger partial charge in [-0.05, 0) is 25.0 Å². The molecule has 0 aromatic rings. The van der Waals surface area contributed by atoms with E-state index in [0.29, 0.717) is 0 Å². The topological polar surface area (TPSA) is 49.5 Å². The van der Waals surface area contributed by atoms with E-state index >= 15 is 0 Å². The van der Waals surface area contributed by atoms with Crippen molar-refractivity contribution in [2.45, 2.75) is 26.0 Å². The van der Waals surface area contributed by atoms with Gasteiger partial charge in [-0.25, -0.2) is 0 Å².